The van der Waals surface area contributed by atoms with E-state index in [1.54, 1.807) is 24.3 Å². The topological polar surface area (TPSA) is 71.0 Å². The monoisotopic (exact) mass is 358 g/mol. The zero-order chi connectivity index (χ0) is 18.0. The number of aromatic nitrogens is 3. The van der Waals surface area contributed by atoms with Crippen LogP contribution in [0.15, 0.2) is 24.3 Å². The van der Waals surface area contributed by atoms with Gasteiger partial charge in [0.1, 0.15) is 12.1 Å². The first-order valence-electron chi connectivity index (χ1n) is 8.52. The minimum absolute atomic E-state index is 0.0126. The smallest absolute Gasteiger partial charge is 0.253 e. The Kier molecular flexibility index (Phi) is 5.13. The molecule has 0 radical (unpaired) electrons. The van der Waals surface area contributed by atoms with Crippen LogP contribution in [-0.4, -0.2) is 44.9 Å². The Morgan fingerprint density at radius 1 is 1.28 bits per heavy atom. The molecule has 6 nitrogen and oxygen atoms in total. The molecule has 1 aromatic carbocycles. The fourth-order valence-electron chi connectivity index (χ4n) is 3.33. The van der Waals surface area contributed by atoms with Crippen LogP contribution in [0.2, 0.25) is 0 Å². The molecule has 25 heavy (non-hydrogen) atoms. The number of amides is 1. The third-order valence-corrected chi connectivity index (χ3v) is 4.98. The summed E-state index contributed by atoms with van der Waals surface area (Å²) < 4.78 is 2.72. The van der Waals surface area contributed by atoms with Crippen molar-refractivity contribution in [3.8, 4) is 0 Å². The predicted molar refractivity (Wildman–Crippen MR) is 97.5 cm³/mol. The van der Waals surface area contributed by atoms with Crippen LogP contribution in [0.5, 0.6) is 0 Å². The van der Waals surface area contributed by atoms with Gasteiger partial charge in [-0.05, 0) is 51.0 Å². The minimum atomic E-state index is 0.0126. The van der Waals surface area contributed by atoms with Gasteiger partial charge >= 0.3 is 0 Å². The average Bonchev–Trinajstić information content (AvgIpc) is 3.03. The van der Waals surface area contributed by atoms with Gasteiger partial charge in [0.25, 0.3) is 5.91 Å². The van der Waals surface area contributed by atoms with Crippen molar-refractivity contribution in [1.29, 1.82) is 0 Å². The van der Waals surface area contributed by atoms with Crippen LogP contribution >= 0.6 is 12.2 Å². The van der Waals surface area contributed by atoms with Gasteiger partial charge in [0, 0.05) is 36.2 Å². The molecule has 0 spiro atoms. The van der Waals surface area contributed by atoms with Crippen LogP contribution < -0.4 is 0 Å². The second-order valence-corrected chi connectivity index (χ2v) is 7.04. The van der Waals surface area contributed by atoms with E-state index >= 15 is 0 Å². The van der Waals surface area contributed by atoms with Crippen molar-refractivity contribution in [2.75, 3.05) is 13.1 Å². The van der Waals surface area contributed by atoms with Crippen molar-refractivity contribution in [1.82, 2.24) is 19.7 Å². The molecule has 1 aromatic heterocycles. The van der Waals surface area contributed by atoms with E-state index in [0.29, 0.717) is 34.9 Å². The molecule has 7 heteroatoms. The van der Waals surface area contributed by atoms with Gasteiger partial charge in [-0.3, -0.25) is 14.7 Å². The summed E-state index contributed by atoms with van der Waals surface area (Å²) in [6.07, 6.45) is 2.51. The maximum absolute atomic E-state index is 12.6. The number of likely N-dealkylation sites (tertiary alicyclic amines) is 1. The minimum Gasteiger partial charge on any atom is -0.339 e. The molecule has 0 saturated carbocycles. The highest BCUT2D eigenvalue weighted by Crippen LogP contribution is 2.29. The number of piperidine rings is 1. The molecule has 1 saturated heterocycles. The van der Waals surface area contributed by atoms with Gasteiger partial charge < -0.3 is 9.47 Å². The number of hydrogen-bond donors (Lipinski definition) is 1. The highest BCUT2D eigenvalue weighted by molar-refractivity contribution is 7.71. The molecule has 2 heterocycles. The van der Waals surface area contributed by atoms with Crippen molar-refractivity contribution >= 4 is 24.4 Å². The van der Waals surface area contributed by atoms with Gasteiger partial charge in [-0.2, -0.15) is 5.10 Å². The van der Waals surface area contributed by atoms with Gasteiger partial charge in [0.05, 0.1) is 0 Å². The number of nitrogens with one attached hydrogen (secondary N) is 1. The SMILES string of the molecule is CC(C)n1c(C2CCN(C(=O)c3ccc(C=O)cc3)CC2)n[nH]c1=S. The van der Waals surface area contributed by atoms with E-state index in [4.69, 9.17) is 12.2 Å². The summed E-state index contributed by atoms with van der Waals surface area (Å²) in [6, 6.07) is 7.03. The second kappa shape index (κ2) is 7.31. The highest BCUT2D eigenvalue weighted by Gasteiger charge is 2.28. The van der Waals surface area contributed by atoms with Crippen LogP contribution in [0.25, 0.3) is 0 Å². The molecule has 1 aliphatic heterocycles. The standard InChI is InChI=1S/C18H22N4O2S/c1-12(2)22-16(19-20-18(22)25)14-7-9-21(10-8-14)17(24)15-5-3-13(11-23)4-6-15/h3-6,11-12,14H,7-10H2,1-2H3,(H,20,25). The quantitative estimate of drug-likeness (QED) is 0.672. The highest BCUT2D eigenvalue weighted by atomic mass is 32.1. The van der Waals surface area contributed by atoms with Crippen molar-refractivity contribution in [2.24, 2.45) is 0 Å². The third kappa shape index (κ3) is 3.56. The Labute approximate surface area is 151 Å². The van der Waals surface area contributed by atoms with Crippen molar-refractivity contribution < 1.29 is 9.59 Å². The fraction of sp³-hybridized carbons (Fsp3) is 0.444. The number of H-pyrrole nitrogens is 1. The van der Waals surface area contributed by atoms with Gasteiger partial charge in [0.2, 0.25) is 0 Å². The van der Waals surface area contributed by atoms with Gasteiger partial charge in [0.15, 0.2) is 4.77 Å². The van der Waals surface area contributed by atoms with E-state index in [9.17, 15) is 9.59 Å². The lowest BCUT2D eigenvalue weighted by Crippen LogP contribution is -2.38. The Morgan fingerprint density at radius 3 is 2.48 bits per heavy atom. The zero-order valence-corrected chi connectivity index (χ0v) is 15.3. The lowest BCUT2D eigenvalue weighted by molar-refractivity contribution is 0.0709. The lowest BCUT2D eigenvalue weighted by atomic mass is 9.95. The molecule has 1 amide bonds. The van der Waals surface area contributed by atoms with Crippen LogP contribution in [0.1, 0.15) is 65.2 Å². The lowest BCUT2D eigenvalue weighted by Gasteiger charge is -2.32. The number of carbonyl (C=O) groups is 2. The Hall–Kier alpha value is -2.28. The van der Waals surface area contributed by atoms with E-state index in [0.717, 1.165) is 25.0 Å². The summed E-state index contributed by atoms with van der Waals surface area (Å²) in [7, 11) is 0. The number of nitrogens with zero attached hydrogens (tertiary/aromatic N) is 3. The van der Waals surface area contributed by atoms with Crippen LogP contribution in [0, 0.1) is 4.77 Å². The molecule has 2 aromatic rings. The third-order valence-electron chi connectivity index (χ3n) is 4.69. The molecule has 0 atom stereocenters. The van der Waals surface area contributed by atoms with Crippen LogP contribution in [0.4, 0.5) is 0 Å². The molecule has 132 valence electrons. The summed E-state index contributed by atoms with van der Waals surface area (Å²) in [5, 5.41) is 7.31. The summed E-state index contributed by atoms with van der Waals surface area (Å²) in [5.41, 5.74) is 1.20. The molecular formula is C18H22N4O2S. The normalized spacial score (nSPS) is 15.6. The molecule has 1 aliphatic rings. The summed E-state index contributed by atoms with van der Waals surface area (Å²) in [6.45, 7) is 5.57. The number of carbonyl (C=O) groups excluding carboxylic acids is 2. The maximum atomic E-state index is 12.6. The predicted octanol–water partition coefficient (Wildman–Crippen LogP) is 3.35. The van der Waals surface area contributed by atoms with Gasteiger partial charge in [-0.25, -0.2) is 0 Å². The average molecular weight is 358 g/mol. The first-order valence-corrected chi connectivity index (χ1v) is 8.93. The summed E-state index contributed by atoms with van der Waals surface area (Å²) >= 11 is 5.32. The number of hydrogen-bond acceptors (Lipinski definition) is 4. The van der Waals surface area contributed by atoms with Crippen molar-refractivity contribution in [3.63, 3.8) is 0 Å². The number of benzene rings is 1. The van der Waals surface area contributed by atoms with Crippen LogP contribution in [-0.2, 0) is 0 Å². The summed E-state index contributed by atoms with van der Waals surface area (Å²) in [4.78, 5) is 25.2. The van der Waals surface area contributed by atoms with Gasteiger partial charge in [-0.1, -0.05) is 12.1 Å². The van der Waals surface area contributed by atoms with Crippen molar-refractivity contribution in [3.05, 3.63) is 46.0 Å². The number of aromatic amines is 1. The van der Waals surface area contributed by atoms with Crippen LogP contribution in [0.3, 0.4) is 0 Å². The van der Waals surface area contributed by atoms with E-state index in [2.05, 4.69) is 28.6 Å². The second-order valence-electron chi connectivity index (χ2n) is 6.66. The van der Waals surface area contributed by atoms with Crippen molar-refractivity contribution in [2.45, 2.75) is 38.6 Å². The number of rotatable bonds is 4. The van der Waals surface area contributed by atoms with E-state index in [1.165, 1.54) is 0 Å². The molecule has 0 unspecified atom stereocenters. The Balaban J connectivity index is 1.68. The largest absolute Gasteiger partial charge is 0.339 e. The van der Waals surface area contributed by atoms with Gasteiger partial charge in [-0.15, -0.1) is 0 Å². The zero-order valence-electron chi connectivity index (χ0n) is 14.4. The molecule has 0 aliphatic carbocycles. The Bertz CT molecular complexity index is 814. The molecule has 0 bridgehead atoms. The van der Waals surface area contributed by atoms with E-state index < -0.39 is 0 Å². The molecule has 1 N–H and O–H groups in total. The first kappa shape index (κ1) is 17.5. The van der Waals surface area contributed by atoms with E-state index in [1.807, 2.05) is 4.90 Å². The molecule has 3 rings (SSSR count). The summed E-state index contributed by atoms with van der Waals surface area (Å²) in [5.74, 6) is 1.30. The number of aldehydes is 1. The first-order chi connectivity index (χ1) is 12.0. The maximum Gasteiger partial charge on any atom is 0.253 e. The Morgan fingerprint density at radius 2 is 1.92 bits per heavy atom. The molecule has 1 fully saturated rings. The fourth-order valence-corrected chi connectivity index (χ4v) is 3.68. The van der Waals surface area contributed by atoms with E-state index in [-0.39, 0.29) is 11.9 Å². The molecular weight excluding hydrogens is 336 g/mol.